The van der Waals surface area contributed by atoms with E-state index in [4.69, 9.17) is 5.73 Å². The van der Waals surface area contributed by atoms with Gasteiger partial charge in [-0.2, -0.15) is 26.3 Å². The summed E-state index contributed by atoms with van der Waals surface area (Å²) in [6, 6.07) is 4.90. The van der Waals surface area contributed by atoms with Crippen LogP contribution in [0.15, 0.2) is 53.1 Å². The molecule has 2 unspecified atom stereocenters. The van der Waals surface area contributed by atoms with Crippen molar-refractivity contribution in [1.29, 1.82) is 0 Å². The molecule has 2 amide bonds. The van der Waals surface area contributed by atoms with Gasteiger partial charge in [0, 0.05) is 24.1 Å². The molecule has 3 rings (SSSR count). The highest BCUT2D eigenvalue weighted by atomic mass is 19.4. The number of halogens is 6. The number of carbonyl (C=O) groups excluding carboxylic acids is 2. The SMILES string of the molecule is NC(=O)CCCCCCC(=O)Nc1ccc2c(c1)CC/C(=C\C1=CC(C(F)(F)F)CC(C(F)(F)F)=C1)C2O. The summed E-state index contributed by atoms with van der Waals surface area (Å²) in [5, 5.41) is 13.6. The Morgan fingerprint density at radius 2 is 1.71 bits per heavy atom. The number of nitrogens with one attached hydrogen (secondary N) is 1. The Kier molecular flexibility index (Phi) is 9.45. The lowest BCUT2D eigenvalue weighted by atomic mass is 9.83. The lowest BCUT2D eigenvalue weighted by molar-refractivity contribution is -0.165. The highest BCUT2D eigenvalue weighted by Gasteiger charge is 2.45. The van der Waals surface area contributed by atoms with Gasteiger partial charge in [-0.3, -0.25) is 9.59 Å². The topological polar surface area (TPSA) is 92.4 Å². The minimum Gasteiger partial charge on any atom is -0.384 e. The van der Waals surface area contributed by atoms with Gasteiger partial charge in [0.15, 0.2) is 0 Å². The van der Waals surface area contributed by atoms with Crippen LogP contribution in [0, 0.1) is 5.92 Å². The molecular weight excluding hydrogens is 514 g/mol. The Hall–Kier alpha value is -3.08. The van der Waals surface area contributed by atoms with E-state index in [0.29, 0.717) is 55.0 Å². The number of benzene rings is 1. The van der Waals surface area contributed by atoms with Crippen LogP contribution in [0.5, 0.6) is 0 Å². The Bertz CT molecular complexity index is 1130. The quantitative estimate of drug-likeness (QED) is 0.250. The Balaban J connectivity index is 1.66. The first-order valence-corrected chi connectivity index (χ1v) is 12.4. The number of hydrogen-bond acceptors (Lipinski definition) is 3. The van der Waals surface area contributed by atoms with Crippen molar-refractivity contribution in [1.82, 2.24) is 0 Å². The third-order valence-electron chi connectivity index (χ3n) is 6.64. The van der Waals surface area contributed by atoms with Gasteiger partial charge in [-0.15, -0.1) is 0 Å². The average molecular weight is 545 g/mol. The van der Waals surface area contributed by atoms with Crippen molar-refractivity contribution >= 4 is 17.5 Å². The van der Waals surface area contributed by atoms with E-state index in [-0.39, 0.29) is 23.8 Å². The maximum Gasteiger partial charge on any atom is 0.412 e. The molecule has 5 nitrogen and oxygen atoms in total. The van der Waals surface area contributed by atoms with E-state index < -0.39 is 36.4 Å². The number of aliphatic hydroxyl groups is 1. The lowest BCUT2D eigenvalue weighted by Crippen LogP contribution is -2.27. The molecule has 0 saturated heterocycles. The fourth-order valence-corrected chi connectivity index (χ4v) is 4.64. The second kappa shape index (κ2) is 12.2. The minimum atomic E-state index is -4.88. The molecule has 0 heterocycles. The zero-order valence-electron chi connectivity index (χ0n) is 20.6. The summed E-state index contributed by atoms with van der Waals surface area (Å²) < 4.78 is 79.4. The van der Waals surface area contributed by atoms with Crippen LogP contribution < -0.4 is 11.1 Å². The van der Waals surface area contributed by atoms with Crippen LogP contribution in [0.3, 0.4) is 0 Å². The van der Waals surface area contributed by atoms with Crippen molar-refractivity contribution in [3.05, 3.63) is 64.3 Å². The van der Waals surface area contributed by atoms with E-state index >= 15 is 0 Å². The van der Waals surface area contributed by atoms with Crippen LogP contribution in [0.25, 0.3) is 0 Å². The van der Waals surface area contributed by atoms with Gasteiger partial charge in [-0.1, -0.05) is 31.1 Å². The predicted molar refractivity (Wildman–Crippen MR) is 130 cm³/mol. The minimum absolute atomic E-state index is 0.187. The second-order valence-electron chi connectivity index (χ2n) is 9.65. The first-order chi connectivity index (χ1) is 17.7. The summed E-state index contributed by atoms with van der Waals surface area (Å²) in [4.78, 5) is 23.0. The summed E-state index contributed by atoms with van der Waals surface area (Å²) in [7, 11) is 0. The summed E-state index contributed by atoms with van der Waals surface area (Å²) in [5.41, 5.74) is 5.66. The number of rotatable bonds is 9. The van der Waals surface area contributed by atoms with Gasteiger partial charge in [-0.25, -0.2) is 0 Å². The molecule has 0 radical (unpaired) electrons. The Morgan fingerprint density at radius 1 is 1.03 bits per heavy atom. The van der Waals surface area contributed by atoms with Gasteiger partial charge in [-0.05, 0) is 72.6 Å². The van der Waals surface area contributed by atoms with E-state index in [1.54, 1.807) is 18.2 Å². The van der Waals surface area contributed by atoms with E-state index in [9.17, 15) is 41.0 Å². The number of allylic oxidation sites excluding steroid dienone is 5. The smallest absolute Gasteiger partial charge is 0.384 e. The Labute approximate surface area is 216 Å². The zero-order valence-corrected chi connectivity index (χ0v) is 20.6. The molecule has 0 saturated carbocycles. The van der Waals surface area contributed by atoms with Gasteiger partial charge in [0.1, 0.15) is 6.10 Å². The van der Waals surface area contributed by atoms with Crippen molar-refractivity contribution in [2.24, 2.45) is 11.7 Å². The summed E-state index contributed by atoms with van der Waals surface area (Å²) in [5.74, 6) is -2.80. The zero-order chi connectivity index (χ0) is 28.1. The molecule has 1 aromatic rings. The molecule has 0 fully saturated rings. The molecule has 0 aromatic heterocycles. The normalized spacial score (nSPS) is 21.0. The maximum absolute atomic E-state index is 13.2. The Morgan fingerprint density at radius 3 is 2.34 bits per heavy atom. The molecule has 208 valence electrons. The van der Waals surface area contributed by atoms with Crippen LogP contribution in [0.1, 0.15) is 68.6 Å². The van der Waals surface area contributed by atoms with Crippen molar-refractivity contribution < 1.29 is 41.0 Å². The van der Waals surface area contributed by atoms with Crippen LogP contribution in [0.2, 0.25) is 0 Å². The van der Waals surface area contributed by atoms with Crippen molar-refractivity contribution in [2.75, 3.05) is 5.32 Å². The van der Waals surface area contributed by atoms with Gasteiger partial charge >= 0.3 is 12.4 Å². The molecule has 1 aromatic carbocycles. The second-order valence-corrected chi connectivity index (χ2v) is 9.65. The molecule has 0 spiro atoms. The number of anilines is 1. The molecule has 0 bridgehead atoms. The number of amides is 2. The highest BCUT2D eigenvalue weighted by Crippen LogP contribution is 2.43. The number of primary amides is 1. The number of hydrogen-bond donors (Lipinski definition) is 3. The van der Waals surface area contributed by atoms with E-state index in [1.807, 2.05) is 0 Å². The molecule has 2 aliphatic rings. The predicted octanol–water partition coefficient (Wildman–Crippen LogP) is 6.35. The fourth-order valence-electron chi connectivity index (χ4n) is 4.64. The third-order valence-corrected chi connectivity index (χ3v) is 6.64. The van der Waals surface area contributed by atoms with Crippen LogP contribution in [0.4, 0.5) is 32.0 Å². The standard InChI is InChI=1S/C27H30F6N2O3/c28-26(29,30)19-12-16(13-20(15-19)27(31,32)33)11-18-8-7-17-14-21(9-10-22(17)25(18)38)35-24(37)6-4-2-1-3-5-23(34)36/h9-14,19,25,38H,1-8,15H2,(H2,34,36)(H,35,37)/b18-11+. The number of fused-ring (bicyclic) bond motifs is 1. The summed E-state index contributed by atoms with van der Waals surface area (Å²) in [6.45, 7) is 0. The highest BCUT2D eigenvalue weighted by molar-refractivity contribution is 5.90. The largest absolute Gasteiger partial charge is 0.412 e. The van der Waals surface area contributed by atoms with Crippen molar-refractivity contribution in [3.63, 3.8) is 0 Å². The lowest BCUT2D eigenvalue weighted by Gasteiger charge is -2.27. The first-order valence-electron chi connectivity index (χ1n) is 12.4. The molecule has 11 heteroatoms. The van der Waals surface area contributed by atoms with Crippen LogP contribution in [-0.4, -0.2) is 29.3 Å². The van der Waals surface area contributed by atoms with Gasteiger partial charge in [0.2, 0.25) is 11.8 Å². The number of aryl methyl sites for hydroxylation is 1. The maximum atomic E-state index is 13.2. The van der Waals surface area contributed by atoms with Crippen molar-refractivity contribution in [3.8, 4) is 0 Å². The first kappa shape index (κ1) is 29.5. The third kappa shape index (κ3) is 8.21. The summed E-state index contributed by atoms with van der Waals surface area (Å²) in [6.07, 6.45) is -5.24. The number of nitrogens with two attached hydrogens (primary N) is 1. The van der Waals surface area contributed by atoms with E-state index in [2.05, 4.69) is 5.32 Å². The van der Waals surface area contributed by atoms with Crippen LogP contribution >= 0.6 is 0 Å². The van der Waals surface area contributed by atoms with Crippen molar-refractivity contribution in [2.45, 2.75) is 76.2 Å². The molecule has 4 N–H and O–H groups in total. The van der Waals surface area contributed by atoms with Gasteiger partial charge < -0.3 is 16.2 Å². The molecule has 2 atom stereocenters. The molecular formula is C27H30F6N2O3. The van der Waals surface area contributed by atoms with Gasteiger partial charge in [0.05, 0.1) is 5.92 Å². The number of alkyl halides is 6. The molecule has 0 aliphatic heterocycles. The number of aliphatic hydroxyl groups excluding tert-OH is 1. The van der Waals surface area contributed by atoms with E-state index in [0.717, 1.165) is 24.5 Å². The molecule has 38 heavy (non-hydrogen) atoms. The summed E-state index contributed by atoms with van der Waals surface area (Å²) >= 11 is 0. The monoisotopic (exact) mass is 544 g/mol. The molecule has 2 aliphatic carbocycles. The van der Waals surface area contributed by atoms with E-state index in [1.165, 1.54) is 6.08 Å². The average Bonchev–Trinajstić information content (AvgIpc) is 2.81. The number of unbranched alkanes of at least 4 members (excludes halogenated alkanes) is 3. The fraction of sp³-hybridized carbons (Fsp3) is 0.481. The van der Waals surface area contributed by atoms with Crippen LogP contribution in [-0.2, 0) is 16.0 Å². The number of carbonyl (C=O) groups is 2. The van der Waals surface area contributed by atoms with Gasteiger partial charge in [0.25, 0.3) is 0 Å².